The van der Waals surface area contributed by atoms with Gasteiger partial charge in [0.15, 0.2) is 0 Å². The molecule has 3 nitrogen and oxygen atoms in total. The minimum absolute atomic E-state index is 0.690. The lowest BCUT2D eigenvalue weighted by molar-refractivity contribution is 0.524. The predicted octanol–water partition coefficient (Wildman–Crippen LogP) is 3.69. The Morgan fingerprint density at radius 2 is 2.05 bits per heavy atom. The number of hydrogen-bond acceptors (Lipinski definition) is 3. The molecular weight excluding hydrogens is 258 g/mol. The number of anilines is 1. The number of aryl methyl sites for hydroxylation is 1. The van der Waals surface area contributed by atoms with Gasteiger partial charge < -0.3 is 10.6 Å². The first kappa shape index (κ1) is 16.3. The summed E-state index contributed by atoms with van der Waals surface area (Å²) >= 11 is 0. The Balaban J connectivity index is 2.18. The number of pyridine rings is 1. The Hall–Kier alpha value is -1.09. The first-order chi connectivity index (χ1) is 10.1. The van der Waals surface area contributed by atoms with E-state index in [1.807, 2.05) is 6.20 Å². The van der Waals surface area contributed by atoms with Gasteiger partial charge in [-0.2, -0.15) is 0 Å². The summed E-state index contributed by atoms with van der Waals surface area (Å²) in [5.74, 6) is 1.94. The van der Waals surface area contributed by atoms with Crippen LogP contribution in [0.2, 0.25) is 0 Å². The van der Waals surface area contributed by atoms with Crippen LogP contribution in [-0.4, -0.2) is 24.1 Å². The smallest absolute Gasteiger partial charge is 0.131 e. The van der Waals surface area contributed by atoms with E-state index in [4.69, 9.17) is 10.7 Å². The maximum Gasteiger partial charge on any atom is 0.131 e. The van der Waals surface area contributed by atoms with Gasteiger partial charge in [0.25, 0.3) is 0 Å². The predicted molar refractivity (Wildman–Crippen MR) is 90.8 cm³/mol. The monoisotopic (exact) mass is 289 g/mol. The second-order valence-corrected chi connectivity index (χ2v) is 6.84. The van der Waals surface area contributed by atoms with Gasteiger partial charge in [-0.1, -0.05) is 32.8 Å². The number of nitrogens with two attached hydrogens (primary N) is 1. The molecule has 1 aliphatic carbocycles. The SMILES string of the molecule is Cc1cc(CCN)cnc1N(CCC(C)C)C1CCCC1. The van der Waals surface area contributed by atoms with Crippen LogP contribution in [0.3, 0.4) is 0 Å². The molecule has 0 bridgehead atoms. The molecule has 1 heterocycles. The van der Waals surface area contributed by atoms with E-state index in [9.17, 15) is 0 Å². The average Bonchev–Trinajstić information content (AvgIpc) is 2.95. The standard InChI is InChI=1S/C18H31N3/c1-14(2)9-11-21(17-6-4-5-7-17)18-15(3)12-16(8-10-19)13-20-18/h12-14,17H,4-11,19H2,1-3H3. The van der Waals surface area contributed by atoms with Crippen LogP contribution in [0.25, 0.3) is 0 Å². The maximum absolute atomic E-state index is 5.65. The van der Waals surface area contributed by atoms with Gasteiger partial charge in [-0.3, -0.25) is 0 Å². The molecular formula is C18H31N3. The molecule has 0 saturated heterocycles. The van der Waals surface area contributed by atoms with Crippen LogP contribution < -0.4 is 10.6 Å². The van der Waals surface area contributed by atoms with E-state index < -0.39 is 0 Å². The number of nitrogens with zero attached hydrogens (tertiary/aromatic N) is 2. The van der Waals surface area contributed by atoms with Crippen molar-refractivity contribution in [2.45, 2.75) is 65.3 Å². The molecule has 0 aromatic carbocycles. The molecule has 2 N–H and O–H groups in total. The highest BCUT2D eigenvalue weighted by molar-refractivity contribution is 5.48. The molecule has 118 valence electrons. The van der Waals surface area contributed by atoms with Crippen molar-refractivity contribution in [1.82, 2.24) is 4.98 Å². The molecule has 0 radical (unpaired) electrons. The minimum Gasteiger partial charge on any atom is -0.353 e. The van der Waals surface area contributed by atoms with Crippen LogP contribution in [0.4, 0.5) is 5.82 Å². The fraction of sp³-hybridized carbons (Fsp3) is 0.722. The maximum atomic E-state index is 5.65. The summed E-state index contributed by atoms with van der Waals surface area (Å²) in [6.45, 7) is 8.63. The van der Waals surface area contributed by atoms with Crippen molar-refractivity contribution in [3.05, 3.63) is 23.4 Å². The molecule has 21 heavy (non-hydrogen) atoms. The van der Waals surface area contributed by atoms with E-state index in [1.165, 1.54) is 49.0 Å². The summed E-state index contributed by atoms with van der Waals surface area (Å²) in [4.78, 5) is 7.37. The Bertz CT molecular complexity index is 436. The van der Waals surface area contributed by atoms with Crippen molar-refractivity contribution in [3.8, 4) is 0 Å². The largest absolute Gasteiger partial charge is 0.353 e. The van der Waals surface area contributed by atoms with Crippen molar-refractivity contribution in [2.75, 3.05) is 18.0 Å². The number of rotatable bonds is 7. The van der Waals surface area contributed by atoms with Crippen LogP contribution in [0, 0.1) is 12.8 Å². The number of hydrogen-bond donors (Lipinski definition) is 1. The summed E-state index contributed by atoms with van der Waals surface area (Å²) in [6.07, 6.45) is 9.56. The van der Waals surface area contributed by atoms with Gasteiger partial charge in [-0.15, -0.1) is 0 Å². The molecule has 0 spiro atoms. The fourth-order valence-corrected chi connectivity index (χ4v) is 3.30. The van der Waals surface area contributed by atoms with Gasteiger partial charge in [0.05, 0.1) is 0 Å². The Labute approximate surface area is 129 Å². The highest BCUT2D eigenvalue weighted by Gasteiger charge is 2.24. The van der Waals surface area contributed by atoms with E-state index in [2.05, 4.69) is 31.7 Å². The normalized spacial score (nSPS) is 15.9. The summed E-state index contributed by atoms with van der Waals surface area (Å²) < 4.78 is 0. The van der Waals surface area contributed by atoms with Gasteiger partial charge in [-0.25, -0.2) is 4.98 Å². The van der Waals surface area contributed by atoms with Crippen LogP contribution in [-0.2, 0) is 6.42 Å². The quantitative estimate of drug-likeness (QED) is 0.832. The molecule has 1 saturated carbocycles. The van der Waals surface area contributed by atoms with Crippen molar-refractivity contribution >= 4 is 5.82 Å². The summed E-state index contributed by atoms with van der Waals surface area (Å²) in [7, 11) is 0. The second-order valence-electron chi connectivity index (χ2n) is 6.84. The fourth-order valence-electron chi connectivity index (χ4n) is 3.30. The second kappa shape index (κ2) is 7.79. The van der Waals surface area contributed by atoms with Crippen LogP contribution in [0.15, 0.2) is 12.3 Å². The minimum atomic E-state index is 0.690. The number of aromatic nitrogens is 1. The van der Waals surface area contributed by atoms with Gasteiger partial charge in [0, 0.05) is 18.8 Å². The molecule has 0 amide bonds. The lowest BCUT2D eigenvalue weighted by atomic mass is 10.1. The highest BCUT2D eigenvalue weighted by atomic mass is 15.2. The first-order valence-corrected chi connectivity index (χ1v) is 8.54. The van der Waals surface area contributed by atoms with Crippen LogP contribution in [0.1, 0.15) is 57.1 Å². The molecule has 1 aliphatic rings. The summed E-state index contributed by atoms with van der Waals surface area (Å²) in [5.41, 5.74) is 8.21. The zero-order valence-electron chi connectivity index (χ0n) is 13.9. The zero-order valence-corrected chi connectivity index (χ0v) is 13.9. The molecule has 2 rings (SSSR count). The third-order valence-electron chi connectivity index (χ3n) is 4.53. The lowest BCUT2D eigenvalue weighted by Gasteiger charge is -2.32. The highest BCUT2D eigenvalue weighted by Crippen LogP contribution is 2.30. The molecule has 1 aromatic heterocycles. The topological polar surface area (TPSA) is 42.1 Å². The van der Waals surface area contributed by atoms with E-state index in [-0.39, 0.29) is 0 Å². The molecule has 1 aromatic rings. The van der Waals surface area contributed by atoms with Gasteiger partial charge >= 0.3 is 0 Å². The van der Waals surface area contributed by atoms with E-state index in [0.717, 1.165) is 18.9 Å². The molecule has 3 heteroatoms. The van der Waals surface area contributed by atoms with Crippen molar-refractivity contribution in [1.29, 1.82) is 0 Å². The van der Waals surface area contributed by atoms with Crippen molar-refractivity contribution in [2.24, 2.45) is 11.7 Å². The Morgan fingerprint density at radius 1 is 1.33 bits per heavy atom. The lowest BCUT2D eigenvalue weighted by Crippen LogP contribution is -2.36. The molecule has 0 atom stereocenters. The summed E-state index contributed by atoms with van der Waals surface area (Å²) in [6, 6.07) is 2.96. The molecule has 0 aliphatic heterocycles. The third-order valence-corrected chi connectivity index (χ3v) is 4.53. The molecule has 0 unspecified atom stereocenters. The first-order valence-electron chi connectivity index (χ1n) is 8.54. The van der Waals surface area contributed by atoms with Gasteiger partial charge in [0.1, 0.15) is 5.82 Å². The van der Waals surface area contributed by atoms with E-state index >= 15 is 0 Å². The summed E-state index contributed by atoms with van der Waals surface area (Å²) in [5, 5.41) is 0. The van der Waals surface area contributed by atoms with Crippen molar-refractivity contribution in [3.63, 3.8) is 0 Å². The zero-order chi connectivity index (χ0) is 15.2. The van der Waals surface area contributed by atoms with Gasteiger partial charge in [0.2, 0.25) is 0 Å². The van der Waals surface area contributed by atoms with Crippen LogP contribution >= 0.6 is 0 Å². The third kappa shape index (κ3) is 4.44. The average molecular weight is 289 g/mol. The van der Waals surface area contributed by atoms with Crippen LogP contribution in [0.5, 0.6) is 0 Å². The Kier molecular flexibility index (Phi) is 6.04. The molecule has 1 fully saturated rings. The van der Waals surface area contributed by atoms with Crippen molar-refractivity contribution < 1.29 is 0 Å². The van der Waals surface area contributed by atoms with E-state index in [1.54, 1.807) is 0 Å². The van der Waals surface area contributed by atoms with E-state index in [0.29, 0.717) is 12.6 Å². The Morgan fingerprint density at radius 3 is 2.62 bits per heavy atom. The van der Waals surface area contributed by atoms with Gasteiger partial charge in [-0.05, 0) is 56.2 Å².